The number of urea groups is 1. The fraction of sp³-hybridized carbons (Fsp3) is 0. The number of hydrogen-bond acceptors (Lipinski definition) is 3. The minimum absolute atomic E-state index is 0.354. The number of amides is 2. The number of halogens is 1. The van der Waals surface area contributed by atoms with Crippen molar-refractivity contribution >= 4 is 17.4 Å². The second-order valence-corrected chi connectivity index (χ2v) is 5.36. The molecule has 0 saturated heterocycles. The van der Waals surface area contributed by atoms with Crippen molar-refractivity contribution < 1.29 is 13.9 Å². The maximum absolute atomic E-state index is 13.1. The Morgan fingerprint density at radius 1 is 0.885 bits per heavy atom. The van der Waals surface area contributed by atoms with E-state index < -0.39 is 11.8 Å². The van der Waals surface area contributed by atoms with Gasteiger partial charge in [-0.3, -0.25) is 0 Å². The summed E-state index contributed by atoms with van der Waals surface area (Å²) in [4.78, 5) is 12.0. The molecule has 0 aromatic heterocycles. The third kappa shape index (κ3) is 4.58. The van der Waals surface area contributed by atoms with Crippen molar-refractivity contribution in [3.05, 3.63) is 84.2 Å². The first kappa shape index (κ1) is 17.0. The van der Waals surface area contributed by atoms with E-state index in [-0.39, 0.29) is 0 Å². The van der Waals surface area contributed by atoms with Gasteiger partial charge in [-0.15, -0.1) is 0 Å². The molecule has 0 bridgehead atoms. The number of nitrogens with zero attached hydrogens (tertiary/aromatic N) is 1. The molecule has 0 spiro atoms. The molecule has 0 atom stereocenters. The van der Waals surface area contributed by atoms with Gasteiger partial charge in [0, 0.05) is 17.4 Å². The smallest absolute Gasteiger partial charge is 0.323 e. The summed E-state index contributed by atoms with van der Waals surface area (Å²) in [7, 11) is 0. The van der Waals surface area contributed by atoms with Crippen molar-refractivity contribution in [2.24, 2.45) is 0 Å². The number of ether oxygens (including phenoxy) is 1. The average molecular weight is 347 g/mol. The summed E-state index contributed by atoms with van der Waals surface area (Å²) >= 11 is 0. The van der Waals surface area contributed by atoms with Gasteiger partial charge in [-0.2, -0.15) is 5.26 Å². The van der Waals surface area contributed by atoms with Crippen molar-refractivity contribution in [1.82, 2.24) is 0 Å². The molecule has 0 saturated carbocycles. The Labute approximate surface area is 149 Å². The van der Waals surface area contributed by atoms with Crippen LogP contribution in [-0.2, 0) is 0 Å². The zero-order valence-corrected chi connectivity index (χ0v) is 13.6. The zero-order valence-electron chi connectivity index (χ0n) is 13.6. The Morgan fingerprint density at radius 2 is 1.54 bits per heavy atom. The molecule has 0 fully saturated rings. The van der Waals surface area contributed by atoms with Crippen molar-refractivity contribution in [2.75, 3.05) is 10.6 Å². The predicted octanol–water partition coefficient (Wildman–Crippen LogP) is 5.13. The highest BCUT2D eigenvalue weighted by Crippen LogP contribution is 2.24. The molecular weight excluding hydrogens is 333 g/mol. The van der Waals surface area contributed by atoms with Crippen LogP contribution in [0.3, 0.4) is 0 Å². The summed E-state index contributed by atoms with van der Waals surface area (Å²) in [5.41, 5.74) is 1.42. The van der Waals surface area contributed by atoms with Crippen molar-refractivity contribution in [3.63, 3.8) is 0 Å². The van der Waals surface area contributed by atoms with Crippen LogP contribution >= 0.6 is 0 Å². The summed E-state index contributed by atoms with van der Waals surface area (Å²) in [6.45, 7) is 0. The molecule has 128 valence electrons. The van der Waals surface area contributed by atoms with E-state index in [1.807, 2.05) is 6.07 Å². The average Bonchev–Trinajstić information content (AvgIpc) is 2.62. The van der Waals surface area contributed by atoms with Gasteiger partial charge in [0.25, 0.3) is 0 Å². The summed E-state index contributed by atoms with van der Waals surface area (Å²) < 4.78 is 18.8. The van der Waals surface area contributed by atoms with E-state index in [1.54, 1.807) is 54.6 Å². The Bertz CT molecular complexity index is 965. The van der Waals surface area contributed by atoms with Crippen LogP contribution in [0.2, 0.25) is 0 Å². The second-order valence-electron chi connectivity index (χ2n) is 5.36. The first-order valence-electron chi connectivity index (χ1n) is 7.74. The van der Waals surface area contributed by atoms with E-state index >= 15 is 0 Å². The van der Waals surface area contributed by atoms with Gasteiger partial charge < -0.3 is 15.4 Å². The first-order chi connectivity index (χ1) is 12.6. The van der Waals surface area contributed by atoms with Gasteiger partial charge in [0.15, 0.2) is 0 Å². The fourth-order valence-electron chi connectivity index (χ4n) is 2.23. The minimum atomic E-state index is -0.494. The van der Waals surface area contributed by atoms with Gasteiger partial charge >= 0.3 is 6.03 Å². The van der Waals surface area contributed by atoms with E-state index in [2.05, 4.69) is 10.6 Å². The predicted molar refractivity (Wildman–Crippen MR) is 96.7 cm³/mol. The SMILES string of the molecule is N#Cc1ccc(Oc2cccc(NC(=O)Nc3cccc(F)c3)c2)cc1. The van der Waals surface area contributed by atoms with Crippen LogP contribution in [0.5, 0.6) is 11.5 Å². The third-order valence-corrected chi connectivity index (χ3v) is 3.39. The zero-order chi connectivity index (χ0) is 18.4. The number of benzene rings is 3. The molecule has 2 N–H and O–H groups in total. The first-order valence-corrected chi connectivity index (χ1v) is 7.74. The Kier molecular flexibility index (Phi) is 5.11. The fourth-order valence-corrected chi connectivity index (χ4v) is 2.23. The second kappa shape index (κ2) is 7.81. The van der Waals surface area contributed by atoms with Crippen LogP contribution in [0, 0.1) is 17.1 Å². The maximum Gasteiger partial charge on any atom is 0.323 e. The molecule has 3 aromatic rings. The topological polar surface area (TPSA) is 74.1 Å². The number of hydrogen-bond donors (Lipinski definition) is 2. The maximum atomic E-state index is 13.1. The normalized spacial score (nSPS) is 9.85. The van der Waals surface area contributed by atoms with Gasteiger partial charge in [-0.05, 0) is 54.6 Å². The number of carbonyl (C=O) groups is 1. The number of nitrogens with one attached hydrogen (secondary N) is 2. The number of rotatable bonds is 4. The quantitative estimate of drug-likeness (QED) is 0.687. The Hall–Kier alpha value is -3.85. The van der Waals surface area contributed by atoms with Crippen LogP contribution in [0.25, 0.3) is 0 Å². The van der Waals surface area contributed by atoms with Gasteiger partial charge in [0.05, 0.1) is 11.6 Å². The van der Waals surface area contributed by atoms with E-state index in [9.17, 15) is 9.18 Å². The molecule has 0 aliphatic heterocycles. The lowest BCUT2D eigenvalue weighted by molar-refractivity contribution is 0.262. The summed E-state index contributed by atoms with van der Waals surface area (Å²) in [5.74, 6) is 0.671. The molecule has 0 aliphatic carbocycles. The van der Waals surface area contributed by atoms with Crippen LogP contribution < -0.4 is 15.4 Å². The number of carbonyl (C=O) groups excluding carboxylic acids is 1. The van der Waals surface area contributed by atoms with E-state index in [4.69, 9.17) is 10.00 Å². The summed E-state index contributed by atoms with van der Waals surface area (Å²) in [6, 6.07) is 20.7. The van der Waals surface area contributed by atoms with Gasteiger partial charge in [-0.25, -0.2) is 9.18 Å². The largest absolute Gasteiger partial charge is 0.457 e. The van der Waals surface area contributed by atoms with Crippen LogP contribution in [0.1, 0.15) is 5.56 Å². The third-order valence-electron chi connectivity index (χ3n) is 3.39. The Morgan fingerprint density at radius 3 is 2.19 bits per heavy atom. The summed E-state index contributed by atoms with van der Waals surface area (Å²) in [6.07, 6.45) is 0. The minimum Gasteiger partial charge on any atom is -0.457 e. The van der Waals surface area contributed by atoms with Gasteiger partial charge in [-0.1, -0.05) is 12.1 Å². The molecule has 6 heteroatoms. The van der Waals surface area contributed by atoms with Crippen LogP contribution in [-0.4, -0.2) is 6.03 Å². The lowest BCUT2D eigenvalue weighted by atomic mass is 10.2. The number of nitriles is 1. The standard InChI is InChI=1S/C20H14FN3O2/c21-15-3-1-4-16(11-15)23-20(25)24-17-5-2-6-19(12-17)26-18-9-7-14(13-22)8-10-18/h1-12H,(H2,23,24,25). The van der Waals surface area contributed by atoms with E-state index in [1.165, 1.54) is 18.2 Å². The molecule has 0 aliphatic rings. The molecule has 0 heterocycles. The highest BCUT2D eigenvalue weighted by molar-refractivity contribution is 5.99. The highest BCUT2D eigenvalue weighted by Gasteiger charge is 2.05. The lowest BCUT2D eigenvalue weighted by Crippen LogP contribution is -2.19. The monoisotopic (exact) mass is 347 g/mol. The Balaban J connectivity index is 1.64. The van der Waals surface area contributed by atoms with Gasteiger partial charge in [0.2, 0.25) is 0 Å². The molecule has 0 unspecified atom stereocenters. The highest BCUT2D eigenvalue weighted by atomic mass is 19.1. The lowest BCUT2D eigenvalue weighted by Gasteiger charge is -2.10. The van der Waals surface area contributed by atoms with E-state index in [0.717, 1.165) is 0 Å². The van der Waals surface area contributed by atoms with Crippen molar-refractivity contribution in [1.29, 1.82) is 5.26 Å². The molecule has 0 radical (unpaired) electrons. The van der Waals surface area contributed by atoms with Crippen LogP contribution in [0.15, 0.2) is 72.8 Å². The van der Waals surface area contributed by atoms with Gasteiger partial charge in [0.1, 0.15) is 17.3 Å². The van der Waals surface area contributed by atoms with Crippen molar-refractivity contribution in [2.45, 2.75) is 0 Å². The molecule has 3 aromatic carbocycles. The molecular formula is C20H14FN3O2. The van der Waals surface area contributed by atoms with Crippen molar-refractivity contribution in [3.8, 4) is 17.6 Å². The molecule has 5 nitrogen and oxygen atoms in total. The van der Waals surface area contributed by atoms with Crippen LogP contribution in [0.4, 0.5) is 20.6 Å². The molecule has 3 rings (SSSR count). The summed E-state index contributed by atoms with van der Waals surface area (Å²) in [5, 5.41) is 14.0. The molecule has 2 amide bonds. The number of anilines is 2. The van der Waals surface area contributed by atoms with E-state index in [0.29, 0.717) is 28.4 Å². The molecule has 26 heavy (non-hydrogen) atoms.